The predicted octanol–water partition coefficient (Wildman–Crippen LogP) is 1.57. The van der Waals surface area contributed by atoms with E-state index in [1.807, 2.05) is 44.2 Å². The van der Waals surface area contributed by atoms with E-state index in [0.29, 0.717) is 13.2 Å². The molecular weight excluding hydrogens is 228 g/mol. The van der Waals surface area contributed by atoms with Gasteiger partial charge in [-0.15, -0.1) is 0 Å². The second-order valence-corrected chi connectivity index (χ2v) is 4.51. The molecule has 0 aliphatic carbocycles. The summed E-state index contributed by atoms with van der Waals surface area (Å²) in [4.78, 5) is 14.1. The van der Waals surface area contributed by atoms with Crippen LogP contribution in [0.5, 0.6) is 0 Å². The molecule has 0 spiro atoms. The van der Waals surface area contributed by atoms with Crippen molar-refractivity contribution in [2.24, 2.45) is 5.73 Å². The second kappa shape index (κ2) is 7.13. The fourth-order valence-electron chi connectivity index (χ4n) is 1.79. The molecule has 1 aromatic rings. The highest BCUT2D eigenvalue weighted by Gasteiger charge is 2.23. The molecule has 0 fully saturated rings. The van der Waals surface area contributed by atoms with Crippen molar-refractivity contribution in [3.05, 3.63) is 35.9 Å². The Balaban J connectivity index is 2.76. The number of amides is 1. The molecule has 18 heavy (non-hydrogen) atoms. The molecule has 1 amide bonds. The molecule has 1 atom stereocenters. The lowest BCUT2D eigenvalue weighted by atomic mass is 10.1. The number of rotatable bonds is 6. The highest BCUT2D eigenvalue weighted by molar-refractivity contribution is 5.83. The van der Waals surface area contributed by atoms with Crippen LogP contribution in [0.2, 0.25) is 0 Å². The first-order valence-corrected chi connectivity index (χ1v) is 6.18. The molecule has 0 heterocycles. The van der Waals surface area contributed by atoms with E-state index in [4.69, 9.17) is 10.5 Å². The van der Waals surface area contributed by atoms with Gasteiger partial charge in [-0.25, -0.2) is 0 Å². The first-order valence-electron chi connectivity index (χ1n) is 6.18. The Bertz CT molecular complexity index is 365. The molecular formula is C14H22N2O2. The zero-order valence-corrected chi connectivity index (χ0v) is 11.3. The highest BCUT2D eigenvalue weighted by Crippen LogP contribution is 2.14. The van der Waals surface area contributed by atoms with Crippen LogP contribution in [0.1, 0.15) is 25.5 Å². The van der Waals surface area contributed by atoms with E-state index in [9.17, 15) is 4.79 Å². The summed E-state index contributed by atoms with van der Waals surface area (Å²) in [5.74, 6) is -0.0618. The molecule has 4 nitrogen and oxygen atoms in total. The Morgan fingerprint density at radius 2 is 1.94 bits per heavy atom. The molecule has 1 rings (SSSR count). The van der Waals surface area contributed by atoms with Gasteiger partial charge in [0.05, 0.1) is 6.61 Å². The molecule has 100 valence electrons. The number of carbonyl (C=O) groups excluding carboxylic acids is 1. The number of methoxy groups -OCH3 is 1. The van der Waals surface area contributed by atoms with Crippen LogP contribution in [0.15, 0.2) is 30.3 Å². The van der Waals surface area contributed by atoms with Crippen molar-refractivity contribution in [3.63, 3.8) is 0 Å². The van der Waals surface area contributed by atoms with Gasteiger partial charge in [-0.1, -0.05) is 30.3 Å². The summed E-state index contributed by atoms with van der Waals surface area (Å²) < 4.78 is 5.02. The van der Waals surface area contributed by atoms with Crippen LogP contribution in [-0.2, 0) is 9.53 Å². The third-order valence-electron chi connectivity index (χ3n) is 2.87. The topological polar surface area (TPSA) is 55.6 Å². The Kier molecular flexibility index (Phi) is 5.82. The maximum absolute atomic E-state index is 12.3. The molecule has 0 bridgehead atoms. The monoisotopic (exact) mass is 250 g/mol. The molecule has 1 aromatic carbocycles. The zero-order chi connectivity index (χ0) is 13.5. The fraction of sp³-hybridized carbons (Fsp3) is 0.500. The number of hydrogen-bond donors (Lipinski definition) is 1. The van der Waals surface area contributed by atoms with E-state index in [1.165, 1.54) is 0 Å². The van der Waals surface area contributed by atoms with Crippen molar-refractivity contribution in [1.82, 2.24) is 4.90 Å². The van der Waals surface area contributed by atoms with Crippen molar-refractivity contribution in [3.8, 4) is 0 Å². The number of ether oxygens (including phenoxy) is 1. The highest BCUT2D eigenvalue weighted by atomic mass is 16.5. The van der Waals surface area contributed by atoms with Gasteiger partial charge in [0.25, 0.3) is 0 Å². The SMILES string of the molecule is COCCN(C(=O)C(N)c1ccccc1)C(C)C. The molecule has 0 saturated heterocycles. The van der Waals surface area contributed by atoms with Gasteiger partial charge in [0.1, 0.15) is 6.04 Å². The van der Waals surface area contributed by atoms with Crippen LogP contribution in [0.25, 0.3) is 0 Å². The Labute approximate surface area is 109 Å². The first kappa shape index (κ1) is 14.7. The van der Waals surface area contributed by atoms with E-state index >= 15 is 0 Å². The van der Waals surface area contributed by atoms with Crippen LogP contribution in [0, 0.1) is 0 Å². The van der Waals surface area contributed by atoms with Crippen LogP contribution < -0.4 is 5.73 Å². The van der Waals surface area contributed by atoms with E-state index in [-0.39, 0.29) is 11.9 Å². The number of nitrogens with two attached hydrogens (primary N) is 1. The quantitative estimate of drug-likeness (QED) is 0.833. The van der Waals surface area contributed by atoms with E-state index < -0.39 is 6.04 Å². The molecule has 0 aliphatic rings. The predicted molar refractivity (Wildman–Crippen MR) is 72.1 cm³/mol. The van der Waals surface area contributed by atoms with Crippen LogP contribution in [0.4, 0.5) is 0 Å². The van der Waals surface area contributed by atoms with Gasteiger partial charge in [0.2, 0.25) is 5.91 Å². The minimum atomic E-state index is -0.606. The average molecular weight is 250 g/mol. The van der Waals surface area contributed by atoms with Gasteiger partial charge in [0.15, 0.2) is 0 Å². The van der Waals surface area contributed by atoms with Crippen molar-refractivity contribution >= 4 is 5.91 Å². The van der Waals surface area contributed by atoms with Crippen LogP contribution >= 0.6 is 0 Å². The summed E-state index contributed by atoms with van der Waals surface area (Å²) >= 11 is 0. The van der Waals surface area contributed by atoms with E-state index in [2.05, 4.69) is 0 Å². The van der Waals surface area contributed by atoms with Gasteiger partial charge < -0.3 is 15.4 Å². The first-order chi connectivity index (χ1) is 8.57. The van der Waals surface area contributed by atoms with Gasteiger partial charge in [-0.2, -0.15) is 0 Å². The molecule has 0 aliphatic heterocycles. The Morgan fingerprint density at radius 1 is 1.33 bits per heavy atom. The molecule has 2 N–H and O–H groups in total. The summed E-state index contributed by atoms with van der Waals surface area (Å²) in [6.45, 7) is 5.04. The maximum atomic E-state index is 12.3. The normalized spacial score (nSPS) is 12.5. The van der Waals surface area contributed by atoms with Crippen molar-refractivity contribution in [2.75, 3.05) is 20.3 Å². The smallest absolute Gasteiger partial charge is 0.244 e. The lowest BCUT2D eigenvalue weighted by molar-refractivity contribution is -0.135. The summed E-state index contributed by atoms with van der Waals surface area (Å²) in [6, 6.07) is 8.93. The number of nitrogens with zero attached hydrogens (tertiary/aromatic N) is 1. The summed E-state index contributed by atoms with van der Waals surface area (Å²) in [5, 5.41) is 0. The number of carbonyl (C=O) groups is 1. The van der Waals surface area contributed by atoms with Gasteiger partial charge >= 0.3 is 0 Å². The van der Waals surface area contributed by atoms with Gasteiger partial charge in [0, 0.05) is 19.7 Å². The number of hydrogen-bond acceptors (Lipinski definition) is 3. The lowest BCUT2D eigenvalue weighted by Gasteiger charge is -2.29. The standard InChI is InChI=1S/C14H22N2O2/c1-11(2)16(9-10-18-3)14(17)13(15)12-7-5-4-6-8-12/h4-8,11,13H,9-10,15H2,1-3H3. The molecule has 0 saturated carbocycles. The fourth-order valence-corrected chi connectivity index (χ4v) is 1.79. The minimum Gasteiger partial charge on any atom is -0.383 e. The molecule has 1 unspecified atom stereocenters. The third-order valence-corrected chi connectivity index (χ3v) is 2.87. The maximum Gasteiger partial charge on any atom is 0.244 e. The largest absolute Gasteiger partial charge is 0.383 e. The second-order valence-electron chi connectivity index (χ2n) is 4.51. The lowest BCUT2D eigenvalue weighted by Crippen LogP contribution is -2.44. The van der Waals surface area contributed by atoms with Crippen molar-refractivity contribution in [2.45, 2.75) is 25.9 Å². The summed E-state index contributed by atoms with van der Waals surface area (Å²) in [6.07, 6.45) is 0. The molecule has 0 aromatic heterocycles. The Morgan fingerprint density at radius 3 is 2.44 bits per heavy atom. The van der Waals surface area contributed by atoms with Crippen molar-refractivity contribution in [1.29, 1.82) is 0 Å². The zero-order valence-electron chi connectivity index (χ0n) is 11.3. The summed E-state index contributed by atoms with van der Waals surface area (Å²) in [5.41, 5.74) is 6.86. The molecule has 4 heteroatoms. The van der Waals surface area contributed by atoms with E-state index in [1.54, 1.807) is 12.0 Å². The van der Waals surface area contributed by atoms with Crippen molar-refractivity contribution < 1.29 is 9.53 Å². The van der Waals surface area contributed by atoms with E-state index in [0.717, 1.165) is 5.56 Å². The molecule has 0 radical (unpaired) electrons. The number of benzene rings is 1. The van der Waals surface area contributed by atoms with Gasteiger partial charge in [-0.05, 0) is 19.4 Å². The summed E-state index contributed by atoms with van der Waals surface area (Å²) in [7, 11) is 1.63. The van der Waals surface area contributed by atoms with Crippen LogP contribution in [0.3, 0.4) is 0 Å². The van der Waals surface area contributed by atoms with Gasteiger partial charge in [-0.3, -0.25) is 4.79 Å². The minimum absolute atomic E-state index is 0.0618. The third kappa shape index (κ3) is 3.82. The Hall–Kier alpha value is -1.39. The average Bonchev–Trinajstić information content (AvgIpc) is 2.38. The van der Waals surface area contributed by atoms with Crippen LogP contribution in [-0.4, -0.2) is 37.1 Å².